The number of hydrogen-bond acceptors (Lipinski definition) is 5. The molecular weight excluding hydrogens is 346 g/mol. The number of carbonyl (C=O) groups excluding carboxylic acids is 1. The maximum Gasteiger partial charge on any atom is 0.282 e. The molecule has 0 saturated heterocycles. The molecule has 4 rings (SSSR count). The number of nitrogens with one attached hydrogen (secondary N) is 1. The van der Waals surface area contributed by atoms with Crippen molar-refractivity contribution in [3.63, 3.8) is 0 Å². The van der Waals surface area contributed by atoms with Crippen LogP contribution in [0.2, 0.25) is 0 Å². The second kappa shape index (κ2) is 6.68. The van der Waals surface area contributed by atoms with E-state index in [9.17, 15) is 14.9 Å². The van der Waals surface area contributed by atoms with E-state index < -0.39 is 10.8 Å². The van der Waals surface area contributed by atoms with Crippen LogP contribution < -0.4 is 5.32 Å². The van der Waals surface area contributed by atoms with Crippen molar-refractivity contribution in [2.75, 3.05) is 5.32 Å². The Balaban J connectivity index is 1.77. The van der Waals surface area contributed by atoms with E-state index in [1.165, 1.54) is 18.2 Å². The van der Waals surface area contributed by atoms with Crippen LogP contribution in [0.1, 0.15) is 10.4 Å². The second-order valence-electron chi connectivity index (χ2n) is 5.73. The highest BCUT2D eigenvalue weighted by Gasteiger charge is 2.20. The van der Waals surface area contributed by atoms with Crippen LogP contribution in [-0.2, 0) is 0 Å². The number of pyridine rings is 1. The Morgan fingerprint density at radius 1 is 1.07 bits per heavy atom. The molecule has 0 fully saturated rings. The number of imidazole rings is 1. The largest absolute Gasteiger partial charge is 0.320 e. The fraction of sp³-hybridized carbons (Fsp3) is 0. The van der Waals surface area contributed by atoms with Gasteiger partial charge in [0.1, 0.15) is 5.56 Å². The molecular formula is C19H13N5O3. The lowest BCUT2D eigenvalue weighted by Crippen LogP contribution is -2.14. The maximum atomic E-state index is 12.6. The molecule has 8 heteroatoms. The predicted molar refractivity (Wildman–Crippen MR) is 99.9 cm³/mol. The number of carbonyl (C=O) groups is 1. The monoisotopic (exact) mass is 359 g/mol. The van der Waals surface area contributed by atoms with Crippen molar-refractivity contribution in [3.05, 3.63) is 89.1 Å². The molecule has 0 aliphatic heterocycles. The van der Waals surface area contributed by atoms with Crippen LogP contribution in [0.25, 0.3) is 16.6 Å². The number of fused-ring (bicyclic) bond motifs is 1. The lowest BCUT2D eigenvalue weighted by Gasteiger charge is -2.11. The lowest BCUT2D eigenvalue weighted by atomic mass is 10.1. The Kier molecular flexibility index (Phi) is 4.06. The van der Waals surface area contributed by atoms with Crippen LogP contribution in [0.15, 0.2) is 73.4 Å². The van der Waals surface area contributed by atoms with Gasteiger partial charge >= 0.3 is 0 Å². The molecule has 0 radical (unpaired) electrons. The zero-order valence-corrected chi connectivity index (χ0v) is 13.9. The molecule has 0 aliphatic carbocycles. The first-order valence-electron chi connectivity index (χ1n) is 8.06. The molecule has 2 aromatic carbocycles. The van der Waals surface area contributed by atoms with Crippen LogP contribution in [0.5, 0.6) is 0 Å². The van der Waals surface area contributed by atoms with Crippen molar-refractivity contribution >= 4 is 28.2 Å². The number of nitro groups is 1. The van der Waals surface area contributed by atoms with Gasteiger partial charge in [-0.15, -0.1) is 0 Å². The highest BCUT2D eigenvalue weighted by molar-refractivity contribution is 6.11. The second-order valence-corrected chi connectivity index (χ2v) is 5.73. The third kappa shape index (κ3) is 2.99. The third-order valence-corrected chi connectivity index (χ3v) is 4.12. The fourth-order valence-corrected chi connectivity index (χ4v) is 2.90. The maximum absolute atomic E-state index is 12.6. The topological polar surface area (TPSA) is 103 Å². The van der Waals surface area contributed by atoms with E-state index in [1.54, 1.807) is 36.9 Å². The number of hydrogen-bond donors (Lipinski definition) is 1. The molecule has 132 valence electrons. The number of aromatic nitrogens is 3. The molecule has 27 heavy (non-hydrogen) atoms. The molecule has 2 heterocycles. The van der Waals surface area contributed by atoms with Crippen molar-refractivity contribution in [3.8, 4) is 5.69 Å². The van der Waals surface area contributed by atoms with Gasteiger partial charge < -0.3 is 9.88 Å². The van der Waals surface area contributed by atoms with Gasteiger partial charge in [0.2, 0.25) is 0 Å². The van der Waals surface area contributed by atoms with Crippen LogP contribution in [0, 0.1) is 10.1 Å². The average molecular weight is 359 g/mol. The highest BCUT2D eigenvalue weighted by Crippen LogP contribution is 2.27. The Labute approximate surface area is 153 Å². The van der Waals surface area contributed by atoms with E-state index in [1.807, 2.05) is 22.9 Å². The number of rotatable bonds is 4. The quantitative estimate of drug-likeness (QED) is 0.443. The molecule has 0 saturated carbocycles. The molecule has 0 unspecified atom stereocenters. The van der Waals surface area contributed by atoms with E-state index in [2.05, 4.69) is 15.3 Å². The van der Waals surface area contributed by atoms with E-state index in [-0.39, 0.29) is 11.3 Å². The summed E-state index contributed by atoms with van der Waals surface area (Å²) in [5, 5.41) is 14.7. The van der Waals surface area contributed by atoms with E-state index in [0.717, 1.165) is 11.1 Å². The van der Waals surface area contributed by atoms with Crippen LogP contribution in [-0.4, -0.2) is 25.4 Å². The number of anilines is 1. The normalized spacial score (nSPS) is 10.7. The summed E-state index contributed by atoms with van der Waals surface area (Å²) in [6, 6.07) is 13.1. The molecule has 0 spiro atoms. The van der Waals surface area contributed by atoms with Gasteiger partial charge in [-0.1, -0.05) is 24.3 Å². The van der Waals surface area contributed by atoms with Gasteiger partial charge in [0.05, 0.1) is 28.1 Å². The minimum absolute atomic E-state index is 0.00901. The summed E-state index contributed by atoms with van der Waals surface area (Å²) in [4.78, 5) is 31.7. The van der Waals surface area contributed by atoms with Gasteiger partial charge in [0.15, 0.2) is 0 Å². The first-order valence-corrected chi connectivity index (χ1v) is 8.06. The number of amides is 1. The number of nitrogens with zero attached hydrogens (tertiary/aromatic N) is 4. The smallest absolute Gasteiger partial charge is 0.282 e. The Hall–Kier alpha value is -4.07. The van der Waals surface area contributed by atoms with Gasteiger partial charge in [-0.25, -0.2) is 4.98 Å². The van der Waals surface area contributed by atoms with Gasteiger partial charge in [-0.3, -0.25) is 19.9 Å². The Morgan fingerprint density at radius 2 is 1.93 bits per heavy atom. The van der Waals surface area contributed by atoms with Gasteiger partial charge in [-0.05, 0) is 18.2 Å². The first-order chi connectivity index (χ1) is 13.1. The number of benzene rings is 2. The SMILES string of the molecule is O=C(Nc1cccc2c(-n3ccnc3)ccnc12)c1ccccc1[N+](=O)[O-]. The average Bonchev–Trinajstić information content (AvgIpc) is 3.22. The number of nitro benzene ring substituents is 1. The molecule has 1 amide bonds. The van der Waals surface area contributed by atoms with Gasteiger partial charge in [0.25, 0.3) is 11.6 Å². The molecule has 1 N–H and O–H groups in total. The van der Waals surface area contributed by atoms with Crippen molar-refractivity contribution in [1.29, 1.82) is 0 Å². The summed E-state index contributed by atoms with van der Waals surface area (Å²) in [6.45, 7) is 0. The molecule has 0 bridgehead atoms. The van der Waals surface area contributed by atoms with Crippen LogP contribution in [0.4, 0.5) is 11.4 Å². The zero-order chi connectivity index (χ0) is 18.8. The highest BCUT2D eigenvalue weighted by atomic mass is 16.6. The minimum atomic E-state index is -0.576. The fourth-order valence-electron chi connectivity index (χ4n) is 2.90. The molecule has 0 aliphatic rings. The summed E-state index contributed by atoms with van der Waals surface area (Å²) in [5.74, 6) is -0.565. The Bertz CT molecular complexity index is 1160. The third-order valence-electron chi connectivity index (χ3n) is 4.12. The summed E-state index contributed by atoms with van der Waals surface area (Å²) in [6.07, 6.45) is 6.80. The van der Waals surface area contributed by atoms with Crippen LogP contribution in [0.3, 0.4) is 0 Å². The Morgan fingerprint density at radius 3 is 2.70 bits per heavy atom. The van der Waals surface area contributed by atoms with Gasteiger partial charge in [-0.2, -0.15) is 0 Å². The van der Waals surface area contributed by atoms with Crippen molar-refractivity contribution in [2.45, 2.75) is 0 Å². The first kappa shape index (κ1) is 16.4. The van der Waals surface area contributed by atoms with Crippen molar-refractivity contribution < 1.29 is 9.72 Å². The predicted octanol–water partition coefficient (Wildman–Crippen LogP) is 3.58. The summed E-state index contributed by atoms with van der Waals surface area (Å²) in [7, 11) is 0. The van der Waals surface area contributed by atoms with Crippen molar-refractivity contribution in [2.24, 2.45) is 0 Å². The molecule has 0 atom stereocenters. The van der Waals surface area contributed by atoms with E-state index >= 15 is 0 Å². The van der Waals surface area contributed by atoms with E-state index in [0.29, 0.717) is 11.2 Å². The lowest BCUT2D eigenvalue weighted by molar-refractivity contribution is -0.385. The molecule has 2 aromatic heterocycles. The minimum Gasteiger partial charge on any atom is -0.320 e. The zero-order valence-electron chi connectivity index (χ0n) is 13.9. The van der Waals surface area contributed by atoms with Gasteiger partial charge in [0, 0.05) is 30.0 Å². The summed E-state index contributed by atoms with van der Waals surface area (Å²) in [5.41, 5.74) is 1.65. The standard InChI is InChI=1S/C19H13N5O3/c25-19(14-4-1-2-7-17(14)24(26)27)22-15-6-3-5-13-16(8-9-21-18(13)15)23-11-10-20-12-23/h1-12H,(H,22,25). The summed E-state index contributed by atoms with van der Waals surface area (Å²) >= 11 is 0. The molecule has 8 nitrogen and oxygen atoms in total. The van der Waals surface area contributed by atoms with E-state index in [4.69, 9.17) is 0 Å². The van der Waals surface area contributed by atoms with Crippen LogP contribution >= 0.6 is 0 Å². The van der Waals surface area contributed by atoms with Crippen molar-refractivity contribution in [1.82, 2.24) is 14.5 Å². The summed E-state index contributed by atoms with van der Waals surface area (Å²) < 4.78 is 1.84. The molecule has 4 aromatic rings. The number of para-hydroxylation sites is 2.